The average molecular weight is 318 g/mol. The molecule has 1 aromatic carbocycles. The molecule has 1 aliphatic carbocycles. The molecule has 0 saturated carbocycles. The Hall–Kier alpha value is -0.410. The van der Waals surface area contributed by atoms with Crippen molar-refractivity contribution in [2.45, 2.75) is 15.6 Å². The van der Waals surface area contributed by atoms with Crippen molar-refractivity contribution in [3.63, 3.8) is 0 Å². The van der Waals surface area contributed by atoms with Crippen LogP contribution in [-0.2, 0) is 11.2 Å². The van der Waals surface area contributed by atoms with E-state index in [1.165, 1.54) is 17.8 Å². The minimum absolute atomic E-state index is 0.271. The number of hydrogen-bond donors (Lipinski definition) is 0. The summed E-state index contributed by atoms with van der Waals surface area (Å²) >= 11 is 19.6. The van der Waals surface area contributed by atoms with E-state index in [1.807, 2.05) is 24.3 Å². The normalized spacial score (nSPS) is 21.3. The van der Waals surface area contributed by atoms with E-state index in [0.717, 1.165) is 15.4 Å². The molecule has 1 nitrogen and oxygen atoms in total. The number of Topliss-reactive ketones (excluding diaryl/α,β-unsaturated/α-hetero) is 1. The van der Waals surface area contributed by atoms with Crippen molar-refractivity contribution in [2.24, 2.45) is 0 Å². The lowest BCUT2D eigenvalue weighted by molar-refractivity contribution is -0.115. The number of thioether (sulfide) groups is 1. The van der Waals surface area contributed by atoms with Gasteiger partial charge in [0, 0.05) is 21.8 Å². The Morgan fingerprint density at radius 2 is 1.94 bits per heavy atom. The van der Waals surface area contributed by atoms with E-state index in [1.54, 1.807) is 0 Å². The van der Waals surface area contributed by atoms with E-state index in [9.17, 15) is 4.79 Å². The van der Waals surface area contributed by atoms with Crippen LogP contribution in [0.4, 0.5) is 0 Å². The van der Waals surface area contributed by atoms with Crippen LogP contribution in [0.15, 0.2) is 50.7 Å². The molecule has 0 N–H and O–H groups in total. The monoisotopic (exact) mass is 316 g/mol. The quantitative estimate of drug-likeness (QED) is 0.657. The van der Waals surface area contributed by atoms with Crippen molar-refractivity contribution in [1.82, 2.24) is 0 Å². The zero-order chi connectivity index (χ0) is 12.9. The molecule has 0 fully saturated rings. The summed E-state index contributed by atoms with van der Waals surface area (Å²) in [4.78, 5) is 14.1. The van der Waals surface area contributed by atoms with Gasteiger partial charge >= 0.3 is 0 Å². The van der Waals surface area contributed by atoms with Gasteiger partial charge in [0.2, 0.25) is 0 Å². The zero-order valence-corrected chi connectivity index (χ0v) is 12.1. The smallest absolute Gasteiger partial charge is 0.200 e. The standard InChI is InChI=1S/C13H7Cl3OS/c14-9-6-13(15,16)12(17)8-5-7-3-1-2-4-10(7)18-11(8)9/h1-4,6H,5H2. The van der Waals surface area contributed by atoms with Crippen molar-refractivity contribution in [3.05, 3.63) is 51.4 Å². The molecule has 1 aliphatic heterocycles. The van der Waals surface area contributed by atoms with Gasteiger partial charge in [-0.3, -0.25) is 4.79 Å². The number of fused-ring (bicyclic) bond motifs is 1. The Morgan fingerprint density at radius 3 is 2.72 bits per heavy atom. The molecule has 0 amide bonds. The highest BCUT2D eigenvalue weighted by Crippen LogP contribution is 2.49. The third kappa shape index (κ3) is 1.92. The summed E-state index contributed by atoms with van der Waals surface area (Å²) in [5, 5.41) is 0.453. The van der Waals surface area contributed by atoms with Crippen LogP contribution in [0.1, 0.15) is 5.56 Å². The van der Waals surface area contributed by atoms with Gasteiger partial charge in [0.15, 0.2) is 10.1 Å². The molecule has 1 aromatic rings. The number of rotatable bonds is 0. The number of allylic oxidation sites excluding steroid dienone is 3. The van der Waals surface area contributed by atoms with Gasteiger partial charge in [0.25, 0.3) is 0 Å². The van der Waals surface area contributed by atoms with Gasteiger partial charge in [0.1, 0.15) is 0 Å². The molecule has 18 heavy (non-hydrogen) atoms. The topological polar surface area (TPSA) is 17.1 Å². The summed E-state index contributed by atoms with van der Waals surface area (Å²) < 4.78 is -1.54. The lowest BCUT2D eigenvalue weighted by atomic mass is 9.95. The largest absolute Gasteiger partial charge is 0.291 e. The Kier molecular flexibility index (Phi) is 3.02. The molecule has 2 aliphatic rings. The van der Waals surface area contributed by atoms with E-state index in [-0.39, 0.29) is 5.78 Å². The molecule has 1 heterocycles. The number of benzene rings is 1. The summed E-state index contributed by atoms with van der Waals surface area (Å²) in [5.74, 6) is -0.271. The van der Waals surface area contributed by atoms with E-state index < -0.39 is 4.33 Å². The average Bonchev–Trinajstić information content (AvgIpc) is 2.34. The SMILES string of the molecule is O=C1C2=C(Sc3ccccc3C2)C(Cl)=CC1(Cl)Cl. The predicted octanol–water partition coefficient (Wildman–Crippen LogP) is 4.47. The first-order valence-electron chi connectivity index (χ1n) is 5.29. The Balaban J connectivity index is 2.12. The molecule has 0 aromatic heterocycles. The highest BCUT2D eigenvalue weighted by atomic mass is 35.5. The lowest BCUT2D eigenvalue weighted by Gasteiger charge is -2.28. The third-order valence-corrected chi connectivity index (χ3v) is 5.19. The third-order valence-electron chi connectivity index (χ3n) is 2.93. The minimum Gasteiger partial charge on any atom is -0.291 e. The Bertz CT molecular complexity index is 616. The minimum atomic E-state index is -1.54. The van der Waals surface area contributed by atoms with E-state index in [0.29, 0.717) is 17.0 Å². The molecule has 0 saturated heterocycles. The second-order valence-corrected chi connectivity index (χ2v) is 6.98. The number of carbonyl (C=O) groups is 1. The van der Waals surface area contributed by atoms with Crippen LogP contribution in [0.2, 0.25) is 0 Å². The molecule has 0 atom stereocenters. The van der Waals surface area contributed by atoms with Crippen molar-refractivity contribution in [2.75, 3.05) is 0 Å². The molecule has 92 valence electrons. The predicted molar refractivity (Wildman–Crippen MR) is 76.4 cm³/mol. The molecule has 0 unspecified atom stereocenters. The maximum Gasteiger partial charge on any atom is 0.200 e. The fourth-order valence-corrected chi connectivity index (χ4v) is 4.09. The molecule has 0 spiro atoms. The first-order valence-corrected chi connectivity index (χ1v) is 7.24. The number of ketones is 1. The van der Waals surface area contributed by atoms with Crippen LogP contribution >= 0.6 is 46.6 Å². The van der Waals surface area contributed by atoms with Gasteiger partial charge in [-0.05, 0) is 17.7 Å². The summed E-state index contributed by atoms with van der Waals surface area (Å²) in [6.45, 7) is 0. The molecular weight excluding hydrogens is 311 g/mol. The first-order chi connectivity index (χ1) is 8.49. The van der Waals surface area contributed by atoms with Gasteiger partial charge in [-0.2, -0.15) is 0 Å². The lowest BCUT2D eigenvalue weighted by Crippen LogP contribution is -2.31. The Morgan fingerprint density at radius 1 is 1.22 bits per heavy atom. The number of alkyl halides is 2. The van der Waals surface area contributed by atoms with Crippen LogP contribution in [0.25, 0.3) is 0 Å². The highest BCUT2D eigenvalue weighted by Gasteiger charge is 2.41. The molecular formula is C13H7Cl3OS. The summed E-state index contributed by atoms with van der Waals surface area (Å²) in [5.41, 5.74) is 1.71. The van der Waals surface area contributed by atoms with Crippen molar-refractivity contribution < 1.29 is 4.79 Å². The number of hydrogen-bond acceptors (Lipinski definition) is 2. The van der Waals surface area contributed by atoms with Gasteiger partial charge < -0.3 is 0 Å². The first kappa shape index (κ1) is 12.6. The van der Waals surface area contributed by atoms with Crippen LogP contribution < -0.4 is 0 Å². The van der Waals surface area contributed by atoms with Crippen molar-refractivity contribution in [1.29, 1.82) is 0 Å². The highest BCUT2D eigenvalue weighted by molar-refractivity contribution is 8.03. The van der Waals surface area contributed by atoms with E-state index in [4.69, 9.17) is 34.8 Å². The maximum absolute atomic E-state index is 12.2. The molecule has 3 rings (SSSR count). The molecule has 5 heteroatoms. The van der Waals surface area contributed by atoms with Gasteiger partial charge in [-0.25, -0.2) is 0 Å². The second kappa shape index (κ2) is 4.31. The van der Waals surface area contributed by atoms with Crippen LogP contribution in [0.5, 0.6) is 0 Å². The summed E-state index contributed by atoms with van der Waals surface area (Å²) in [6.07, 6.45) is 1.93. The number of halogens is 3. The van der Waals surface area contributed by atoms with Crippen molar-refractivity contribution >= 4 is 52.3 Å². The Labute approximate surface area is 124 Å². The van der Waals surface area contributed by atoms with Gasteiger partial charge in [0.05, 0.1) is 5.03 Å². The van der Waals surface area contributed by atoms with Crippen LogP contribution in [0, 0.1) is 0 Å². The number of carbonyl (C=O) groups excluding carboxylic acids is 1. The van der Waals surface area contributed by atoms with Gasteiger partial charge in [-0.15, -0.1) is 0 Å². The van der Waals surface area contributed by atoms with Crippen LogP contribution in [-0.4, -0.2) is 10.1 Å². The fraction of sp³-hybridized carbons (Fsp3) is 0.154. The van der Waals surface area contributed by atoms with Gasteiger partial charge in [-0.1, -0.05) is 64.8 Å². The van der Waals surface area contributed by atoms with E-state index in [2.05, 4.69) is 0 Å². The van der Waals surface area contributed by atoms with E-state index >= 15 is 0 Å². The summed E-state index contributed by atoms with van der Waals surface area (Å²) in [7, 11) is 0. The fourth-order valence-electron chi connectivity index (χ4n) is 2.06. The molecule has 0 radical (unpaired) electrons. The summed E-state index contributed by atoms with van der Waals surface area (Å²) in [6, 6.07) is 7.93. The van der Waals surface area contributed by atoms with Crippen molar-refractivity contribution in [3.8, 4) is 0 Å². The zero-order valence-electron chi connectivity index (χ0n) is 9.04. The molecule has 0 bridgehead atoms. The maximum atomic E-state index is 12.2. The van der Waals surface area contributed by atoms with Crippen LogP contribution in [0.3, 0.4) is 0 Å². The second-order valence-electron chi connectivity index (χ2n) is 4.14.